The molecule has 5 heteroatoms. The molecule has 0 spiro atoms. The van der Waals surface area contributed by atoms with Gasteiger partial charge in [-0.2, -0.15) is 0 Å². The van der Waals surface area contributed by atoms with Crippen LogP contribution in [0.25, 0.3) is 0 Å². The van der Waals surface area contributed by atoms with Gasteiger partial charge in [0.1, 0.15) is 12.5 Å². The van der Waals surface area contributed by atoms with Gasteiger partial charge in [0.2, 0.25) is 5.91 Å². The third-order valence-corrected chi connectivity index (χ3v) is 3.07. The van der Waals surface area contributed by atoms with Gasteiger partial charge >= 0.3 is 0 Å². The summed E-state index contributed by atoms with van der Waals surface area (Å²) < 4.78 is 11.4. The van der Waals surface area contributed by atoms with Crippen molar-refractivity contribution in [2.45, 2.75) is 13.0 Å². The summed E-state index contributed by atoms with van der Waals surface area (Å²) in [5.74, 6) is 1.39. The summed E-state index contributed by atoms with van der Waals surface area (Å²) in [6, 6.07) is 7.53. The second-order valence-corrected chi connectivity index (χ2v) is 4.33. The maximum absolute atomic E-state index is 11.6. The molecule has 1 amide bonds. The molecule has 0 radical (unpaired) electrons. The highest BCUT2D eigenvalue weighted by Gasteiger charge is 2.24. The summed E-state index contributed by atoms with van der Waals surface area (Å²) in [5, 5.41) is 0. The topological polar surface area (TPSA) is 38.8 Å². The zero-order chi connectivity index (χ0) is 13.0. The lowest BCUT2D eigenvalue weighted by Crippen LogP contribution is -2.44. The molecule has 0 saturated carbocycles. The van der Waals surface area contributed by atoms with Crippen molar-refractivity contribution < 1.29 is 14.3 Å². The first kappa shape index (κ1) is 13.0. The fourth-order valence-electron chi connectivity index (χ4n) is 1.89. The van der Waals surface area contributed by atoms with Crippen molar-refractivity contribution in [3.8, 4) is 11.5 Å². The number of carbonyl (C=O) groups is 1. The van der Waals surface area contributed by atoms with Crippen molar-refractivity contribution in [1.82, 2.24) is 4.90 Å². The van der Waals surface area contributed by atoms with E-state index in [-0.39, 0.29) is 17.9 Å². The smallest absolute Gasteiger partial charge is 0.237 e. The Labute approximate surface area is 111 Å². The molecule has 2 rings (SSSR count). The van der Waals surface area contributed by atoms with Crippen LogP contribution in [0, 0.1) is 0 Å². The van der Waals surface area contributed by atoms with E-state index in [9.17, 15) is 4.79 Å². The van der Waals surface area contributed by atoms with Gasteiger partial charge in [0, 0.05) is 6.54 Å². The van der Waals surface area contributed by atoms with E-state index in [1.165, 1.54) is 0 Å². The van der Waals surface area contributed by atoms with Crippen LogP contribution in [-0.2, 0) is 4.79 Å². The molecular formula is C13H16ClNO3. The third-order valence-electron chi connectivity index (χ3n) is 2.84. The highest BCUT2D eigenvalue weighted by molar-refractivity contribution is 6.27. The number of hydrogen-bond donors (Lipinski definition) is 0. The van der Waals surface area contributed by atoms with Crippen molar-refractivity contribution in [2.24, 2.45) is 0 Å². The predicted octanol–water partition coefficient (Wildman–Crippen LogP) is 1.91. The summed E-state index contributed by atoms with van der Waals surface area (Å²) >= 11 is 5.56. The summed E-state index contributed by atoms with van der Waals surface area (Å²) in [6.45, 7) is 3.48. The van der Waals surface area contributed by atoms with Gasteiger partial charge in [-0.15, -0.1) is 11.6 Å². The highest BCUT2D eigenvalue weighted by atomic mass is 35.5. The van der Waals surface area contributed by atoms with Crippen LogP contribution in [0.15, 0.2) is 24.3 Å². The molecule has 0 unspecified atom stereocenters. The van der Waals surface area contributed by atoms with Gasteiger partial charge in [0.25, 0.3) is 0 Å². The maximum atomic E-state index is 11.6. The van der Waals surface area contributed by atoms with Crippen LogP contribution < -0.4 is 9.47 Å². The maximum Gasteiger partial charge on any atom is 0.237 e. The Bertz CT molecular complexity index is 424. The first-order chi connectivity index (χ1) is 8.74. The molecule has 1 aliphatic heterocycles. The molecule has 0 N–H and O–H groups in total. The first-order valence-corrected chi connectivity index (χ1v) is 6.50. The van der Waals surface area contributed by atoms with E-state index in [1.54, 1.807) is 4.90 Å². The zero-order valence-corrected chi connectivity index (χ0v) is 11.0. The van der Waals surface area contributed by atoms with Gasteiger partial charge < -0.3 is 14.4 Å². The summed E-state index contributed by atoms with van der Waals surface area (Å²) in [5.41, 5.74) is 0. The van der Waals surface area contributed by atoms with E-state index in [1.807, 2.05) is 31.2 Å². The van der Waals surface area contributed by atoms with Gasteiger partial charge in [-0.05, 0) is 19.1 Å². The number of ether oxygens (including phenoxy) is 2. The van der Waals surface area contributed by atoms with Crippen molar-refractivity contribution in [1.29, 1.82) is 0 Å². The Kier molecular flexibility index (Phi) is 4.31. The highest BCUT2D eigenvalue weighted by Crippen LogP contribution is 2.30. The molecular weight excluding hydrogens is 254 g/mol. The number of rotatable bonds is 4. The molecule has 1 aromatic rings. The van der Waals surface area contributed by atoms with Crippen molar-refractivity contribution >= 4 is 17.5 Å². The zero-order valence-electron chi connectivity index (χ0n) is 10.3. The van der Waals surface area contributed by atoms with E-state index < -0.39 is 0 Å². The molecule has 1 atom stereocenters. The number of likely N-dealkylation sites (N-methyl/N-ethyl adjacent to an activating group) is 1. The fraction of sp³-hybridized carbons (Fsp3) is 0.462. The van der Waals surface area contributed by atoms with Gasteiger partial charge in [-0.1, -0.05) is 12.1 Å². The van der Waals surface area contributed by atoms with E-state index >= 15 is 0 Å². The van der Waals surface area contributed by atoms with Crippen LogP contribution in [0.2, 0.25) is 0 Å². The van der Waals surface area contributed by atoms with Gasteiger partial charge in [-0.25, -0.2) is 0 Å². The Morgan fingerprint density at radius 2 is 2.17 bits per heavy atom. The second-order valence-electron chi connectivity index (χ2n) is 4.06. The van der Waals surface area contributed by atoms with Crippen molar-refractivity contribution in [3.05, 3.63) is 24.3 Å². The SMILES string of the molecule is CCN(C[C@H]1COc2ccccc2O1)C(=O)CCl. The quantitative estimate of drug-likeness (QED) is 0.784. The monoisotopic (exact) mass is 269 g/mol. The lowest BCUT2D eigenvalue weighted by molar-refractivity contribution is -0.129. The minimum atomic E-state index is -0.146. The third kappa shape index (κ3) is 2.88. The van der Waals surface area contributed by atoms with Gasteiger partial charge in [0.15, 0.2) is 17.6 Å². The number of amides is 1. The molecule has 18 heavy (non-hydrogen) atoms. The lowest BCUT2D eigenvalue weighted by atomic mass is 10.2. The van der Waals surface area contributed by atoms with Crippen LogP contribution in [0.4, 0.5) is 0 Å². The number of alkyl halides is 1. The molecule has 98 valence electrons. The van der Waals surface area contributed by atoms with E-state index in [0.29, 0.717) is 19.7 Å². The number of fused-ring (bicyclic) bond motifs is 1. The number of halogens is 1. The van der Waals surface area contributed by atoms with Crippen molar-refractivity contribution in [3.63, 3.8) is 0 Å². The standard InChI is InChI=1S/C13H16ClNO3/c1-2-15(13(16)7-14)8-10-9-17-11-5-3-4-6-12(11)18-10/h3-6,10H,2,7-9H2,1H3/t10-/m0/s1. The summed E-state index contributed by atoms with van der Waals surface area (Å²) in [4.78, 5) is 13.2. The number of nitrogens with zero attached hydrogens (tertiary/aromatic N) is 1. The molecule has 0 aromatic heterocycles. The molecule has 4 nitrogen and oxygen atoms in total. The molecule has 0 fully saturated rings. The number of para-hydroxylation sites is 2. The van der Waals surface area contributed by atoms with Crippen LogP contribution in [0.3, 0.4) is 0 Å². The summed E-state index contributed by atoms with van der Waals surface area (Å²) in [7, 11) is 0. The number of carbonyl (C=O) groups excluding carboxylic acids is 1. The Balaban J connectivity index is 1.98. The first-order valence-electron chi connectivity index (χ1n) is 5.96. The fourth-order valence-corrected chi connectivity index (χ4v) is 2.06. The van der Waals surface area contributed by atoms with E-state index in [0.717, 1.165) is 11.5 Å². The molecule has 0 saturated heterocycles. The predicted molar refractivity (Wildman–Crippen MR) is 69.3 cm³/mol. The van der Waals surface area contributed by atoms with Gasteiger partial charge in [-0.3, -0.25) is 4.79 Å². The minimum absolute atomic E-state index is 0.00198. The Hall–Kier alpha value is -1.42. The molecule has 1 aromatic carbocycles. The van der Waals surface area contributed by atoms with Gasteiger partial charge in [0.05, 0.1) is 6.54 Å². The van der Waals surface area contributed by atoms with E-state index in [4.69, 9.17) is 21.1 Å². The Morgan fingerprint density at radius 3 is 2.83 bits per heavy atom. The molecule has 1 aliphatic rings. The normalized spacial score (nSPS) is 17.3. The minimum Gasteiger partial charge on any atom is -0.486 e. The average Bonchev–Trinajstić information content (AvgIpc) is 2.43. The number of hydrogen-bond acceptors (Lipinski definition) is 3. The molecule has 0 bridgehead atoms. The van der Waals surface area contributed by atoms with Crippen molar-refractivity contribution in [2.75, 3.05) is 25.6 Å². The summed E-state index contributed by atoms with van der Waals surface area (Å²) in [6.07, 6.45) is -0.146. The Morgan fingerprint density at radius 1 is 1.44 bits per heavy atom. The molecule has 0 aliphatic carbocycles. The van der Waals surface area contributed by atoms with Crippen LogP contribution in [-0.4, -0.2) is 42.5 Å². The second kappa shape index (κ2) is 5.96. The average molecular weight is 270 g/mol. The largest absolute Gasteiger partial charge is 0.486 e. The lowest BCUT2D eigenvalue weighted by Gasteiger charge is -2.30. The van der Waals surface area contributed by atoms with E-state index in [2.05, 4.69) is 0 Å². The van der Waals surface area contributed by atoms with Crippen LogP contribution in [0.1, 0.15) is 6.92 Å². The number of benzene rings is 1. The molecule has 1 heterocycles. The van der Waals surface area contributed by atoms with Crippen LogP contribution >= 0.6 is 11.6 Å². The van der Waals surface area contributed by atoms with Crippen LogP contribution in [0.5, 0.6) is 11.5 Å².